The van der Waals surface area contributed by atoms with Crippen molar-refractivity contribution in [3.8, 4) is 0 Å². The third-order valence-corrected chi connectivity index (χ3v) is 5.21. The predicted octanol–water partition coefficient (Wildman–Crippen LogP) is 1.82. The molecule has 5 nitrogen and oxygen atoms in total. The molecule has 21 heavy (non-hydrogen) atoms. The average molecular weight is 317 g/mol. The zero-order valence-corrected chi connectivity index (χ0v) is 13.0. The average Bonchev–Trinajstić information content (AvgIpc) is 2.59. The number of fused-ring (bicyclic) bond motifs is 1. The van der Waals surface area contributed by atoms with Crippen LogP contribution in [-0.2, 0) is 14.3 Å². The van der Waals surface area contributed by atoms with E-state index < -0.39 is 23.5 Å². The molecule has 1 heterocycles. The zero-order chi connectivity index (χ0) is 15.8. The normalized spacial score (nSPS) is 36.5. The Morgan fingerprint density at radius 1 is 1.57 bits per heavy atom. The van der Waals surface area contributed by atoms with E-state index in [1.54, 1.807) is 6.08 Å². The summed E-state index contributed by atoms with van der Waals surface area (Å²) in [5.41, 5.74) is -1.26. The largest absolute Gasteiger partial charge is 0.478 e. The first-order valence-electron chi connectivity index (χ1n) is 7.19. The van der Waals surface area contributed by atoms with Crippen LogP contribution in [0.3, 0.4) is 0 Å². The number of carbonyl (C=O) groups excluding carboxylic acids is 1. The van der Waals surface area contributed by atoms with Crippen molar-refractivity contribution < 1.29 is 24.5 Å². The summed E-state index contributed by atoms with van der Waals surface area (Å²) >= 11 is 5.89. The van der Waals surface area contributed by atoms with E-state index in [0.29, 0.717) is 12.8 Å². The first-order valence-corrected chi connectivity index (χ1v) is 7.72. The van der Waals surface area contributed by atoms with Gasteiger partial charge in [0.2, 0.25) is 0 Å². The maximum absolute atomic E-state index is 12.3. The SMILES string of the molecule is CC(C)C1CCC(O)(CCl)C2C(=O)OCC(C(=O)O)=CC12. The second-order valence-electron chi connectivity index (χ2n) is 6.34. The molecule has 1 fully saturated rings. The van der Waals surface area contributed by atoms with Crippen LogP contribution in [0, 0.1) is 23.7 Å². The number of allylic oxidation sites excluding steroid dienone is 1. The fraction of sp³-hybridized carbons (Fsp3) is 0.733. The van der Waals surface area contributed by atoms with E-state index in [-0.39, 0.29) is 35.8 Å². The number of carboxylic acids is 1. The third-order valence-electron chi connectivity index (χ3n) is 4.75. The van der Waals surface area contributed by atoms with Gasteiger partial charge in [0.1, 0.15) is 6.61 Å². The minimum Gasteiger partial charge on any atom is -0.478 e. The van der Waals surface area contributed by atoms with Gasteiger partial charge in [0.05, 0.1) is 23.0 Å². The van der Waals surface area contributed by atoms with Gasteiger partial charge in [0, 0.05) is 0 Å². The molecule has 2 rings (SSSR count). The van der Waals surface area contributed by atoms with E-state index in [2.05, 4.69) is 0 Å². The second-order valence-corrected chi connectivity index (χ2v) is 6.61. The van der Waals surface area contributed by atoms with Gasteiger partial charge in [-0.3, -0.25) is 4.79 Å². The summed E-state index contributed by atoms with van der Waals surface area (Å²) in [6.07, 6.45) is 2.73. The smallest absolute Gasteiger partial charge is 0.334 e. The summed E-state index contributed by atoms with van der Waals surface area (Å²) in [5.74, 6) is -2.47. The number of carboxylic acid groups (broad SMARTS) is 1. The highest BCUT2D eigenvalue weighted by atomic mass is 35.5. The number of aliphatic carboxylic acids is 1. The molecule has 0 saturated heterocycles. The zero-order valence-electron chi connectivity index (χ0n) is 12.2. The summed E-state index contributed by atoms with van der Waals surface area (Å²) in [7, 11) is 0. The molecule has 0 spiro atoms. The van der Waals surface area contributed by atoms with Crippen LogP contribution in [0.2, 0.25) is 0 Å². The van der Waals surface area contributed by atoms with Crippen molar-refractivity contribution in [1.82, 2.24) is 0 Å². The molecule has 4 atom stereocenters. The van der Waals surface area contributed by atoms with E-state index in [4.69, 9.17) is 16.3 Å². The van der Waals surface area contributed by atoms with E-state index in [1.807, 2.05) is 13.8 Å². The molecule has 6 heteroatoms. The van der Waals surface area contributed by atoms with Crippen molar-refractivity contribution in [2.75, 3.05) is 12.5 Å². The summed E-state index contributed by atoms with van der Waals surface area (Å²) in [5, 5.41) is 19.9. The highest BCUT2D eigenvalue weighted by molar-refractivity contribution is 6.18. The summed E-state index contributed by atoms with van der Waals surface area (Å²) in [6.45, 7) is 3.82. The lowest BCUT2D eigenvalue weighted by atomic mass is 9.61. The summed E-state index contributed by atoms with van der Waals surface area (Å²) in [6, 6.07) is 0. The van der Waals surface area contributed by atoms with E-state index in [0.717, 1.165) is 0 Å². The van der Waals surface area contributed by atoms with Crippen LogP contribution in [0.5, 0.6) is 0 Å². The van der Waals surface area contributed by atoms with Gasteiger partial charge in [-0.05, 0) is 30.6 Å². The Morgan fingerprint density at radius 3 is 2.76 bits per heavy atom. The minimum atomic E-state index is -1.33. The quantitative estimate of drug-likeness (QED) is 0.613. The number of hydrogen-bond acceptors (Lipinski definition) is 4. The Labute approximate surface area is 128 Å². The predicted molar refractivity (Wildman–Crippen MR) is 76.9 cm³/mol. The molecular weight excluding hydrogens is 296 g/mol. The van der Waals surface area contributed by atoms with Crippen LogP contribution in [0.15, 0.2) is 11.6 Å². The van der Waals surface area contributed by atoms with Gasteiger partial charge in [-0.25, -0.2) is 4.79 Å². The molecular formula is C15H21ClO5. The number of carbonyl (C=O) groups is 2. The van der Waals surface area contributed by atoms with Gasteiger partial charge in [0.15, 0.2) is 0 Å². The van der Waals surface area contributed by atoms with Crippen LogP contribution in [0.1, 0.15) is 26.7 Å². The Hall–Kier alpha value is -1.07. The van der Waals surface area contributed by atoms with Crippen LogP contribution in [0.4, 0.5) is 0 Å². The van der Waals surface area contributed by atoms with E-state index in [1.165, 1.54) is 0 Å². The molecule has 0 radical (unpaired) electrons. The maximum atomic E-state index is 12.3. The Bertz CT molecular complexity index is 473. The topological polar surface area (TPSA) is 83.8 Å². The first-order chi connectivity index (χ1) is 9.80. The van der Waals surface area contributed by atoms with Crippen molar-refractivity contribution in [2.24, 2.45) is 23.7 Å². The molecule has 118 valence electrons. The molecule has 1 aliphatic heterocycles. The lowest BCUT2D eigenvalue weighted by molar-refractivity contribution is -0.165. The highest BCUT2D eigenvalue weighted by Crippen LogP contribution is 2.47. The molecule has 0 aromatic rings. The van der Waals surface area contributed by atoms with Crippen molar-refractivity contribution in [3.63, 3.8) is 0 Å². The number of hydrogen-bond donors (Lipinski definition) is 2. The fourth-order valence-electron chi connectivity index (χ4n) is 3.55. The summed E-state index contributed by atoms with van der Waals surface area (Å²) in [4.78, 5) is 23.5. The molecule has 0 amide bonds. The molecule has 1 saturated carbocycles. The van der Waals surface area contributed by atoms with E-state index in [9.17, 15) is 19.8 Å². The number of halogens is 1. The Kier molecular flexibility index (Phi) is 4.63. The molecule has 0 aromatic carbocycles. The van der Waals surface area contributed by atoms with Gasteiger partial charge in [-0.2, -0.15) is 0 Å². The number of rotatable bonds is 3. The van der Waals surface area contributed by atoms with Crippen molar-refractivity contribution in [3.05, 3.63) is 11.6 Å². The van der Waals surface area contributed by atoms with Crippen molar-refractivity contribution >= 4 is 23.5 Å². The molecule has 1 aliphatic carbocycles. The van der Waals surface area contributed by atoms with Crippen LogP contribution >= 0.6 is 11.6 Å². The minimum absolute atomic E-state index is 0.0652. The van der Waals surface area contributed by atoms with Crippen molar-refractivity contribution in [1.29, 1.82) is 0 Å². The van der Waals surface area contributed by atoms with Gasteiger partial charge >= 0.3 is 11.9 Å². The number of esters is 1. The molecule has 0 bridgehead atoms. The molecule has 2 aliphatic rings. The fourth-order valence-corrected chi connectivity index (χ4v) is 3.85. The first kappa shape index (κ1) is 16.3. The Morgan fingerprint density at radius 2 is 2.24 bits per heavy atom. The second kappa shape index (κ2) is 5.97. The van der Waals surface area contributed by atoms with Gasteiger partial charge in [-0.1, -0.05) is 19.9 Å². The standard InChI is InChI=1S/C15H21ClO5/c1-8(2)10-3-4-15(20,7-16)12-11(10)5-9(13(17)18)6-21-14(12)19/h5,8,10-12,20H,3-4,6-7H2,1-2H3,(H,17,18). The summed E-state index contributed by atoms with van der Waals surface area (Å²) < 4.78 is 5.06. The van der Waals surface area contributed by atoms with Crippen LogP contribution < -0.4 is 0 Å². The highest BCUT2D eigenvalue weighted by Gasteiger charge is 2.53. The Balaban J connectivity index is 2.48. The van der Waals surface area contributed by atoms with Gasteiger partial charge in [-0.15, -0.1) is 11.6 Å². The molecule has 4 unspecified atom stereocenters. The van der Waals surface area contributed by atoms with Gasteiger partial charge in [0.25, 0.3) is 0 Å². The third kappa shape index (κ3) is 2.94. The number of ether oxygens (including phenoxy) is 1. The lowest BCUT2D eigenvalue weighted by Gasteiger charge is -2.46. The van der Waals surface area contributed by atoms with Crippen LogP contribution in [-0.4, -0.2) is 40.2 Å². The van der Waals surface area contributed by atoms with Crippen molar-refractivity contribution in [2.45, 2.75) is 32.3 Å². The number of alkyl halides is 1. The monoisotopic (exact) mass is 316 g/mol. The van der Waals surface area contributed by atoms with Crippen LogP contribution in [0.25, 0.3) is 0 Å². The number of aliphatic hydroxyl groups is 1. The molecule has 0 aromatic heterocycles. The van der Waals surface area contributed by atoms with E-state index >= 15 is 0 Å². The van der Waals surface area contributed by atoms with Gasteiger partial charge < -0.3 is 14.9 Å². The lowest BCUT2D eigenvalue weighted by Crippen LogP contribution is -2.53. The molecule has 2 N–H and O–H groups in total. The number of cyclic esters (lactones) is 1. The maximum Gasteiger partial charge on any atom is 0.334 e.